The van der Waals surface area contributed by atoms with Gasteiger partial charge < -0.3 is 10.2 Å². The average molecular weight is 317 g/mol. The summed E-state index contributed by atoms with van der Waals surface area (Å²) in [5.74, 6) is -0.289. The molecular formula is C17H17ClN2O2. The van der Waals surface area contributed by atoms with Gasteiger partial charge in [0, 0.05) is 10.7 Å². The van der Waals surface area contributed by atoms with Crippen LogP contribution in [0.15, 0.2) is 53.7 Å². The van der Waals surface area contributed by atoms with Gasteiger partial charge in [0.05, 0.1) is 6.21 Å². The Balaban J connectivity index is 1.87. The molecule has 2 rings (SSSR count). The minimum absolute atomic E-state index is 0.289. The Morgan fingerprint density at radius 3 is 2.68 bits per heavy atom. The van der Waals surface area contributed by atoms with Crippen LogP contribution in [0.4, 0.5) is 5.69 Å². The summed E-state index contributed by atoms with van der Waals surface area (Å²) in [5, 5.41) is 7.11. The Labute approximate surface area is 134 Å². The fourth-order valence-corrected chi connectivity index (χ4v) is 1.88. The molecule has 1 atom stereocenters. The maximum atomic E-state index is 12.0. The summed E-state index contributed by atoms with van der Waals surface area (Å²) < 4.78 is 0. The van der Waals surface area contributed by atoms with E-state index < -0.39 is 6.10 Å². The Hall–Kier alpha value is -2.33. The van der Waals surface area contributed by atoms with Gasteiger partial charge >= 0.3 is 0 Å². The molecule has 0 unspecified atom stereocenters. The molecule has 0 aliphatic carbocycles. The Morgan fingerprint density at radius 2 is 2.00 bits per heavy atom. The topological polar surface area (TPSA) is 50.7 Å². The number of nitrogens with zero attached hydrogens (tertiary/aromatic N) is 1. The third-order valence-corrected chi connectivity index (χ3v) is 3.19. The number of halogens is 1. The molecule has 0 bridgehead atoms. The lowest BCUT2D eigenvalue weighted by Crippen LogP contribution is -2.26. The lowest BCUT2D eigenvalue weighted by molar-refractivity contribution is -0.126. The van der Waals surface area contributed by atoms with E-state index in [0.29, 0.717) is 10.7 Å². The van der Waals surface area contributed by atoms with E-state index in [1.807, 2.05) is 31.2 Å². The van der Waals surface area contributed by atoms with E-state index in [0.717, 1.165) is 5.56 Å². The Bertz CT molecular complexity index is 669. The standard InChI is InChI=1S/C17H17ClN2O2/c1-12-6-8-14(9-7-12)11-19-22-13(2)17(21)20-16-5-3-4-15(18)10-16/h3-11,13H,1-2H3,(H,20,21)/b19-11-/t13-/m0/s1. The van der Waals surface area contributed by atoms with Crippen LogP contribution in [0.25, 0.3) is 0 Å². The largest absolute Gasteiger partial charge is 0.383 e. The second-order valence-electron chi connectivity index (χ2n) is 4.89. The number of oxime groups is 1. The smallest absolute Gasteiger partial charge is 0.267 e. The van der Waals surface area contributed by atoms with Crippen molar-refractivity contribution in [1.82, 2.24) is 0 Å². The lowest BCUT2D eigenvalue weighted by Gasteiger charge is -2.10. The van der Waals surface area contributed by atoms with Crippen molar-refractivity contribution in [1.29, 1.82) is 0 Å². The summed E-state index contributed by atoms with van der Waals surface area (Å²) in [6, 6.07) is 14.8. The molecular weight excluding hydrogens is 300 g/mol. The molecule has 0 saturated heterocycles. The van der Waals surface area contributed by atoms with Crippen LogP contribution in [0.1, 0.15) is 18.1 Å². The third-order valence-electron chi connectivity index (χ3n) is 2.96. The predicted molar refractivity (Wildman–Crippen MR) is 89.4 cm³/mol. The maximum Gasteiger partial charge on any atom is 0.267 e. The van der Waals surface area contributed by atoms with Crippen LogP contribution in [0.5, 0.6) is 0 Å². The Kier molecular flexibility index (Phi) is 5.55. The predicted octanol–water partition coefficient (Wildman–Crippen LogP) is 4.03. The summed E-state index contributed by atoms with van der Waals surface area (Å²) >= 11 is 5.86. The molecule has 2 aromatic carbocycles. The fraction of sp³-hybridized carbons (Fsp3) is 0.176. The van der Waals surface area contributed by atoms with Crippen molar-refractivity contribution in [2.75, 3.05) is 5.32 Å². The molecule has 0 heterocycles. The highest BCUT2D eigenvalue weighted by Crippen LogP contribution is 2.15. The molecule has 0 aliphatic heterocycles. The minimum atomic E-state index is -0.708. The molecule has 0 saturated carbocycles. The number of rotatable bonds is 5. The van der Waals surface area contributed by atoms with E-state index in [9.17, 15) is 4.79 Å². The third kappa shape index (κ3) is 4.90. The van der Waals surface area contributed by atoms with E-state index in [1.165, 1.54) is 5.56 Å². The highest BCUT2D eigenvalue weighted by molar-refractivity contribution is 6.30. The van der Waals surface area contributed by atoms with Crippen LogP contribution in [-0.4, -0.2) is 18.2 Å². The number of aryl methyl sites for hydroxylation is 1. The second-order valence-corrected chi connectivity index (χ2v) is 5.33. The van der Waals surface area contributed by atoms with E-state index in [-0.39, 0.29) is 5.91 Å². The van der Waals surface area contributed by atoms with Gasteiger partial charge in [-0.1, -0.05) is 52.7 Å². The molecule has 0 aromatic heterocycles. The molecule has 2 aromatic rings. The zero-order chi connectivity index (χ0) is 15.9. The van der Waals surface area contributed by atoms with Gasteiger partial charge in [-0.05, 0) is 37.6 Å². The monoisotopic (exact) mass is 316 g/mol. The summed E-state index contributed by atoms with van der Waals surface area (Å²) in [6.07, 6.45) is 0.864. The van der Waals surface area contributed by atoms with Gasteiger partial charge in [-0.15, -0.1) is 0 Å². The van der Waals surface area contributed by atoms with Crippen molar-refractivity contribution >= 4 is 29.4 Å². The fourth-order valence-electron chi connectivity index (χ4n) is 1.69. The van der Waals surface area contributed by atoms with Gasteiger partial charge in [-0.3, -0.25) is 4.79 Å². The Morgan fingerprint density at radius 1 is 1.27 bits per heavy atom. The summed E-state index contributed by atoms with van der Waals surface area (Å²) in [7, 11) is 0. The number of carbonyl (C=O) groups is 1. The van der Waals surface area contributed by atoms with Crippen molar-refractivity contribution in [2.24, 2.45) is 5.16 Å². The number of hydrogen-bond acceptors (Lipinski definition) is 3. The normalized spacial score (nSPS) is 12.1. The van der Waals surface area contributed by atoms with Crippen molar-refractivity contribution in [3.8, 4) is 0 Å². The van der Waals surface area contributed by atoms with Gasteiger partial charge in [0.2, 0.25) is 6.10 Å². The minimum Gasteiger partial charge on any atom is -0.383 e. The zero-order valence-corrected chi connectivity index (χ0v) is 13.2. The van der Waals surface area contributed by atoms with E-state index in [2.05, 4.69) is 10.5 Å². The first-order chi connectivity index (χ1) is 10.5. The van der Waals surface area contributed by atoms with Crippen LogP contribution in [0.3, 0.4) is 0 Å². The van der Waals surface area contributed by atoms with Crippen LogP contribution in [0, 0.1) is 6.92 Å². The van der Waals surface area contributed by atoms with Gasteiger partial charge in [0.25, 0.3) is 5.91 Å². The number of carbonyl (C=O) groups excluding carboxylic acids is 1. The highest BCUT2D eigenvalue weighted by Gasteiger charge is 2.14. The van der Waals surface area contributed by atoms with Crippen LogP contribution < -0.4 is 5.32 Å². The molecule has 4 nitrogen and oxygen atoms in total. The lowest BCUT2D eigenvalue weighted by atomic mass is 10.2. The van der Waals surface area contributed by atoms with Gasteiger partial charge in [0.15, 0.2) is 0 Å². The first-order valence-electron chi connectivity index (χ1n) is 6.87. The molecule has 0 aliphatic rings. The van der Waals surface area contributed by atoms with Crippen molar-refractivity contribution < 1.29 is 9.63 Å². The summed E-state index contributed by atoms with van der Waals surface area (Å²) in [4.78, 5) is 17.1. The number of anilines is 1. The van der Waals surface area contributed by atoms with Gasteiger partial charge in [0.1, 0.15) is 0 Å². The second kappa shape index (κ2) is 7.61. The van der Waals surface area contributed by atoms with Crippen LogP contribution in [0.2, 0.25) is 5.02 Å². The maximum absolute atomic E-state index is 12.0. The van der Waals surface area contributed by atoms with Crippen molar-refractivity contribution in [3.05, 3.63) is 64.7 Å². The molecule has 0 fully saturated rings. The van der Waals surface area contributed by atoms with E-state index >= 15 is 0 Å². The summed E-state index contributed by atoms with van der Waals surface area (Å²) in [5.41, 5.74) is 2.70. The van der Waals surface area contributed by atoms with E-state index in [4.69, 9.17) is 16.4 Å². The van der Waals surface area contributed by atoms with E-state index in [1.54, 1.807) is 37.4 Å². The SMILES string of the molecule is Cc1ccc(/C=N\O[C@@H](C)C(=O)Nc2cccc(Cl)c2)cc1. The zero-order valence-electron chi connectivity index (χ0n) is 12.4. The van der Waals surface area contributed by atoms with Crippen molar-refractivity contribution in [2.45, 2.75) is 20.0 Å². The number of benzene rings is 2. The van der Waals surface area contributed by atoms with Crippen LogP contribution in [-0.2, 0) is 9.63 Å². The molecule has 1 N–H and O–H groups in total. The van der Waals surface area contributed by atoms with Crippen LogP contribution >= 0.6 is 11.6 Å². The molecule has 5 heteroatoms. The highest BCUT2D eigenvalue weighted by atomic mass is 35.5. The average Bonchev–Trinajstić information content (AvgIpc) is 2.49. The molecule has 22 heavy (non-hydrogen) atoms. The summed E-state index contributed by atoms with van der Waals surface area (Å²) in [6.45, 7) is 3.64. The first kappa shape index (κ1) is 16.0. The number of nitrogens with one attached hydrogen (secondary N) is 1. The molecule has 114 valence electrons. The van der Waals surface area contributed by atoms with Crippen molar-refractivity contribution in [3.63, 3.8) is 0 Å². The molecule has 0 spiro atoms. The number of amides is 1. The molecule has 1 amide bonds. The quantitative estimate of drug-likeness (QED) is 0.669. The number of hydrogen-bond donors (Lipinski definition) is 1. The molecule has 0 radical (unpaired) electrons. The van der Waals surface area contributed by atoms with Gasteiger partial charge in [-0.25, -0.2) is 0 Å². The van der Waals surface area contributed by atoms with Gasteiger partial charge in [-0.2, -0.15) is 0 Å². The first-order valence-corrected chi connectivity index (χ1v) is 7.24.